The summed E-state index contributed by atoms with van der Waals surface area (Å²) in [7, 11) is 0. The molecule has 0 amide bonds. The second-order valence-electron chi connectivity index (χ2n) is 6.55. The average Bonchev–Trinajstić information content (AvgIpc) is 2.88. The Balaban J connectivity index is 1.79. The number of benzene rings is 1. The number of fused-ring (bicyclic) bond motifs is 1. The molecule has 1 aromatic carbocycles. The Morgan fingerprint density at radius 1 is 1.15 bits per heavy atom. The number of carbonyl (C=O) groups excluding carboxylic acids is 1. The van der Waals surface area contributed by atoms with E-state index >= 15 is 0 Å². The van der Waals surface area contributed by atoms with E-state index in [9.17, 15) is 9.59 Å². The van der Waals surface area contributed by atoms with E-state index in [0.29, 0.717) is 16.9 Å². The van der Waals surface area contributed by atoms with Crippen LogP contribution in [0, 0.1) is 20.8 Å². The van der Waals surface area contributed by atoms with Crippen LogP contribution in [0.3, 0.4) is 0 Å². The van der Waals surface area contributed by atoms with Gasteiger partial charge in [-0.3, -0.25) is 4.79 Å². The van der Waals surface area contributed by atoms with Gasteiger partial charge < -0.3 is 13.7 Å². The van der Waals surface area contributed by atoms with Gasteiger partial charge in [0.05, 0.1) is 0 Å². The molecule has 0 unspecified atom stereocenters. The molecule has 0 saturated heterocycles. The summed E-state index contributed by atoms with van der Waals surface area (Å²) in [6, 6.07) is 8.64. The van der Waals surface area contributed by atoms with Crippen molar-refractivity contribution in [2.24, 2.45) is 0 Å². The molecular formula is C21H23NO4. The molecule has 0 aliphatic rings. The standard InChI is InChI=1S/C21H23NO4/c1-5-8-22-14(3)10-18(15(22)4)19(23)12-25-16-6-7-17-13(2)9-21(24)26-20(17)11-16/h6-7,9-11H,5,8,12H2,1-4H3. The van der Waals surface area contributed by atoms with Crippen molar-refractivity contribution in [2.75, 3.05) is 6.61 Å². The van der Waals surface area contributed by atoms with Crippen LogP contribution >= 0.6 is 0 Å². The van der Waals surface area contributed by atoms with Gasteiger partial charge in [0.2, 0.25) is 5.78 Å². The minimum atomic E-state index is -0.397. The quantitative estimate of drug-likeness (QED) is 0.492. The first kappa shape index (κ1) is 18.0. The van der Waals surface area contributed by atoms with Crippen LogP contribution in [0.25, 0.3) is 11.0 Å². The third-order valence-corrected chi connectivity index (χ3v) is 4.61. The van der Waals surface area contributed by atoms with E-state index in [4.69, 9.17) is 9.15 Å². The number of Topliss-reactive ketones (excluding diaryl/α,β-unsaturated/α-hetero) is 1. The van der Waals surface area contributed by atoms with Crippen LogP contribution in [0.15, 0.2) is 39.5 Å². The van der Waals surface area contributed by atoms with Crippen molar-refractivity contribution in [3.8, 4) is 5.75 Å². The number of rotatable bonds is 6. The van der Waals surface area contributed by atoms with Gasteiger partial charge in [-0.05, 0) is 51.0 Å². The van der Waals surface area contributed by atoms with Crippen molar-refractivity contribution >= 4 is 16.8 Å². The molecule has 0 spiro atoms. The van der Waals surface area contributed by atoms with Crippen molar-refractivity contribution in [3.63, 3.8) is 0 Å². The summed E-state index contributed by atoms with van der Waals surface area (Å²) in [4.78, 5) is 24.1. The first-order valence-electron chi connectivity index (χ1n) is 8.78. The van der Waals surface area contributed by atoms with Crippen LogP contribution in [0.1, 0.15) is 40.7 Å². The highest BCUT2D eigenvalue weighted by Gasteiger charge is 2.16. The van der Waals surface area contributed by atoms with Gasteiger partial charge in [-0.1, -0.05) is 6.92 Å². The fraction of sp³-hybridized carbons (Fsp3) is 0.333. The highest BCUT2D eigenvalue weighted by atomic mass is 16.5. The maximum Gasteiger partial charge on any atom is 0.336 e. The lowest BCUT2D eigenvalue weighted by molar-refractivity contribution is 0.0920. The average molecular weight is 353 g/mol. The Morgan fingerprint density at radius 3 is 2.65 bits per heavy atom. The molecule has 0 saturated carbocycles. The van der Waals surface area contributed by atoms with Crippen LogP contribution < -0.4 is 10.4 Å². The normalized spacial score (nSPS) is 11.1. The van der Waals surface area contributed by atoms with Crippen molar-refractivity contribution in [1.82, 2.24) is 4.57 Å². The third kappa shape index (κ3) is 3.43. The molecule has 26 heavy (non-hydrogen) atoms. The number of carbonyl (C=O) groups is 1. The van der Waals surface area contributed by atoms with Gasteiger partial charge in [0.1, 0.15) is 11.3 Å². The number of aryl methyl sites for hydroxylation is 2. The summed E-state index contributed by atoms with van der Waals surface area (Å²) in [5, 5.41) is 0.853. The maximum atomic E-state index is 12.6. The lowest BCUT2D eigenvalue weighted by Gasteiger charge is -2.09. The summed E-state index contributed by atoms with van der Waals surface area (Å²) in [6.07, 6.45) is 1.02. The lowest BCUT2D eigenvalue weighted by Crippen LogP contribution is -2.13. The number of ether oxygens (including phenoxy) is 1. The van der Waals surface area contributed by atoms with E-state index in [-0.39, 0.29) is 12.4 Å². The van der Waals surface area contributed by atoms with Gasteiger partial charge in [0.25, 0.3) is 0 Å². The molecule has 2 aromatic heterocycles. The van der Waals surface area contributed by atoms with Crippen molar-refractivity contribution in [2.45, 2.75) is 40.7 Å². The van der Waals surface area contributed by atoms with Gasteiger partial charge in [0, 0.05) is 41.0 Å². The van der Waals surface area contributed by atoms with E-state index in [1.807, 2.05) is 32.9 Å². The lowest BCUT2D eigenvalue weighted by atomic mass is 10.1. The zero-order valence-corrected chi connectivity index (χ0v) is 15.6. The molecule has 3 aromatic rings. The molecule has 5 heteroatoms. The Bertz CT molecular complexity index is 1030. The molecule has 3 rings (SSSR count). The van der Waals surface area contributed by atoms with Crippen molar-refractivity contribution in [1.29, 1.82) is 0 Å². The van der Waals surface area contributed by atoms with Crippen molar-refractivity contribution < 1.29 is 13.9 Å². The van der Waals surface area contributed by atoms with Crippen LogP contribution in [0.5, 0.6) is 5.75 Å². The molecular weight excluding hydrogens is 330 g/mol. The van der Waals surface area contributed by atoms with Crippen molar-refractivity contribution in [3.05, 3.63) is 63.3 Å². The van der Waals surface area contributed by atoms with Crippen LogP contribution in [0.2, 0.25) is 0 Å². The van der Waals surface area contributed by atoms with E-state index in [2.05, 4.69) is 11.5 Å². The molecule has 0 radical (unpaired) electrons. The molecule has 2 heterocycles. The van der Waals surface area contributed by atoms with E-state index in [0.717, 1.165) is 35.3 Å². The molecule has 0 N–H and O–H groups in total. The van der Waals surface area contributed by atoms with Gasteiger partial charge in [0.15, 0.2) is 6.61 Å². The highest BCUT2D eigenvalue weighted by Crippen LogP contribution is 2.23. The fourth-order valence-corrected chi connectivity index (χ4v) is 3.27. The van der Waals surface area contributed by atoms with E-state index < -0.39 is 5.63 Å². The van der Waals surface area contributed by atoms with E-state index in [1.54, 1.807) is 12.1 Å². The minimum absolute atomic E-state index is 0.0576. The summed E-state index contributed by atoms with van der Waals surface area (Å²) in [5.41, 5.74) is 3.66. The highest BCUT2D eigenvalue weighted by molar-refractivity contribution is 5.98. The predicted octanol–water partition coefficient (Wildman–Crippen LogP) is 4.19. The summed E-state index contributed by atoms with van der Waals surface area (Å²) < 4.78 is 13.0. The molecule has 0 atom stereocenters. The molecule has 0 aliphatic heterocycles. The molecule has 5 nitrogen and oxygen atoms in total. The zero-order valence-electron chi connectivity index (χ0n) is 15.6. The SMILES string of the molecule is CCCn1c(C)cc(C(=O)COc2ccc3c(C)cc(=O)oc3c2)c1C. The minimum Gasteiger partial charge on any atom is -0.485 e. The second kappa shape index (κ2) is 7.20. The van der Waals surface area contributed by atoms with E-state index in [1.165, 1.54) is 6.07 Å². The predicted molar refractivity (Wildman–Crippen MR) is 101 cm³/mol. The Morgan fingerprint density at radius 2 is 1.92 bits per heavy atom. The number of hydrogen-bond donors (Lipinski definition) is 0. The van der Waals surface area contributed by atoms with Crippen LogP contribution in [-0.4, -0.2) is 17.0 Å². The Labute approximate surface area is 152 Å². The summed E-state index contributed by atoms with van der Waals surface area (Å²) in [6.45, 7) is 8.78. The van der Waals surface area contributed by atoms with Gasteiger partial charge >= 0.3 is 5.63 Å². The molecule has 136 valence electrons. The Hall–Kier alpha value is -2.82. The Kier molecular flexibility index (Phi) is 4.98. The largest absolute Gasteiger partial charge is 0.485 e. The monoisotopic (exact) mass is 353 g/mol. The number of hydrogen-bond acceptors (Lipinski definition) is 4. The summed E-state index contributed by atoms with van der Waals surface area (Å²) >= 11 is 0. The van der Waals surface area contributed by atoms with Crippen LogP contribution in [-0.2, 0) is 6.54 Å². The fourth-order valence-electron chi connectivity index (χ4n) is 3.27. The summed E-state index contributed by atoms with van der Waals surface area (Å²) in [5.74, 6) is 0.438. The van der Waals surface area contributed by atoms with Gasteiger partial charge in [-0.2, -0.15) is 0 Å². The second-order valence-corrected chi connectivity index (χ2v) is 6.55. The molecule has 0 fully saturated rings. The number of ketones is 1. The number of aromatic nitrogens is 1. The molecule has 0 aliphatic carbocycles. The first-order valence-corrected chi connectivity index (χ1v) is 8.78. The third-order valence-electron chi connectivity index (χ3n) is 4.61. The van der Waals surface area contributed by atoms with Crippen LogP contribution in [0.4, 0.5) is 0 Å². The molecule has 0 bridgehead atoms. The topological polar surface area (TPSA) is 61.4 Å². The first-order chi connectivity index (χ1) is 12.4. The van der Waals surface area contributed by atoms with Gasteiger partial charge in [-0.25, -0.2) is 4.79 Å². The zero-order chi connectivity index (χ0) is 18.8. The van der Waals surface area contributed by atoms with Gasteiger partial charge in [-0.15, -0.1) is 0 Å². The maximum absolute atomic E-state index is 12.6. The smallest absolute Gasteiger partial charge is 0.336 e. The number of nitrogens with zero attached hydrogens (tertiary/aromatic N) is 1.